The second kappa shape index (κ2) is 9.48. The van der Waals surface area contributed by atoms with Gasteiger partial charge >= 0.3 is 0 Å². The number of benzene rings is 2. The monoisotopic (exact) mass is 485 g/mol. The molecule has 182 valence electrons. The minimum absolute atomic E-state index is 0.0468. The molecule has 0 saturated heterocycles. The minimum Gasteiger partial charge on any atom is -0.374 e. The van der Waals surface area contributed by atoms with Gasteiger partial charge in [-0.2, -0.15) is 0 Å². The van der Waals surface area contributed by atoms with Crippen LogP contribution in [0.4, 0.5) is 11.4 Å². The van der Waals surface area contributed by atoms with Crippen molar-refractivity contribution in [1.82, 2.24) is 4.72 Å². The van der Waals surface area contributed by atoms with Crippen molar-refractivity contribution in [2.45, 2.75) is 64.0 Å². The molecule has 0 bridgehead atoms. The number of anilines is 2. The van der Waals surface area contributed by atoms with Gasteiger partial charge in [-0.15, -0.1) is 0 Å². The van der Waals surface area contributed by atoms with E-state index in [9.17, 15) is 23.1 Å². The molecule has 2 aromatic carbocycles. The van der Waals surface area contributed by atoms with Gasteiger partial charge in [-0.25, -0.2) is 18.0 Å². The SMILES string of the molecule is Cc1ccc(N2C(=O)c3ccc(NC(O)C4CCC(NS(=O)(=O)C(C)C)CC4)cc3C2=O)cc1. The number of sulfonamides is 1. The van der Waals surface area contributed by atoms with Gasteiger partial charge in [0.2, 0.25) is 10.0 Å². The van der Waals surface area contributed by atoms with Crippen LogP contribution in [0, 0.1) is 12.8 Å². The number of hydrogen-bond donors (Lipinski definition) is 3. The third-order valence-corrected chi connectivity index (χ3v) is 8.57. The Morgan fingerprint density at radius 3 is 2.18 bits per heavy atom. The first-order valence-corrected chi connectivity index (χ1v) is 13.2. The maximum Gasteiger partial charge on any atom is 0.266 e. The molecule has 9 heteroatoms. The summed E-state index contributed by atoms with van der Waals surface area (Å²) in [4.78, 5) is 27.0. The van der Waals surface area contributed by atoms with Gasteiger partial charge in [0.25, 0.3) is 11.8 Å². The number of aliphatic hydroxyl groups excluding tert-OH is 1. The van der Waals surface area contributed by atoms with Gasteiger partial charge < -0.3 is 10.4 Å². The Kier molecular flexibility index (Phi) is 6.80. The molecule has 4 rings (SSSR count). The van der Waals surface area contributed by atoms with Crippen molar-refractivity contribution in [3.8, 4) is 0 Å². The van der Waals surface area contributed by atoms with Gasteiger partial charge in [0.05, 0.1) is 22.1 Å². The molecule has 8 nitrogen and oxygen atoms in total. The number of hydrogen-bond acceptors (Lipinski definition) is 6. The van der Waals surface area contributed by atoms with Crippen LogP contribution >= 0.6 is 0 Å². The van der Waals surface area contributed by atoms with Crippen LogP contribution in [0.25, 0.3) is 0 Å². The highest BCUT2D eigenvalue weighted by Crippen LogP contribution is 2.32. The smallest absolute Gasteiger partial charge is 0.266 e. The molecule has 2 aromatic rings. The summed E-state index contributed by atoms with van der Waals surface area (Å²) in [5, 5.41) is 13.3. The number of carbonyl (C=O) groups is 2. The lowest BCUT2D eigenvalue weighted by Crippen LogP contribution is -2.43. The van der Waals surface area contributed by atoms with Gasteiger partial charge in [0, 0.05) is 17.6 Å². The van der Waals surface area contributed by atoms with Crippen LogP contribution in [0.2, 0.25) is 0 Å². The molecule has 0 radical (unpaired) electrons. The van der Waals surface area contributed by atoms with E-state index in [0.29, 0.717) is 48.2 Å². The fourth-order valence-corrected chi connectivity index (χ4v) is 5.44. The molecule has 0 spiro atoms. The van der Waals surface area contributed by atoms with Crippen LogP contribution < -0.4 is 14.9 Å². The molecule has 34 heavy (non-hydrogen) atoms. The van der Waals surface area contributed by atoms with E-state index in [1.54, 1.807) is 44.2 Å². The molecule has 2 aliphatic rings. The van der Waals surface area contributed by atoms with Gasteiger partial charge in [-0.1, -0.05) is 17.7 Å². The quantitative estimate of drug-likeness (QED) is 0.409. The van der Waals surface area contributed by atoms with E-state index >= 15 is 0 Å². The molecule has 1 fully saturated rings. The predicted octanol–water partition coefficient (Wildman–Crippen LogP) is 3.41. The lowest BCUT2D eigenvalue weighted by Gasteiger charge is -2.32. The molecule has 0 aromatic heterocycles. The fourth-order valence-electron chi connectivity index (χ4n) is 4.47. The topological polar surface area (TPSA) is 116 Å². The summed E-state index contributed by atoms with van der Waals surface area (Å²) in [7, 11) is -3.32. The summed E-state index contributed by atoms with van der Waals surface area (Å²) >= 11 is 0. The first-order chi connectivity index (χ1) is 16.1. The van der Waals surface area contributed by atoms with Crippen LogP contribution in [0.3, 0.4) is 0 Å². The second-order valence-electron chi connectivity index (χ2n) is 9.45. The normalized spacial score (nSPS) is 21.6. The highest BCUT2D eigenvalue weighted by Gasteiger charge is 2.37. The van der Waals surface area contributed by atoms with E-state index in [2.05, 4.69) is 10.0 Å². The number of nitrogens with one attached hydrogen (secondary N) is 2. The third-order valence-electron chi connectivity index (χ3n) is 6.66. The maximum absolute atomic E-state index is 13.0. The van der Waals surface area contributed by atoms with Crippen molar-refractivity contribution in [1.29, 1.82) is 0 Å². The van der Waals surface area contributed by atoms with Gasteiger partial charge in [-0.05, 0) is 76.8 Å². The van der Waals surface area contributed by atoms with E-state index in [4.69, 9.17) is 0 Å². The number of aryl methyl sites for hydroxylation is 1. The number of nitrogens with zero attached hydrogens (tertiary/aromatic N) is 1. The largest absolute Gasteiger partial charge is 0.374 e. The van der Waals surface area contributed by atoms with Crippen LogP contribution in [0.1, 0.15) is 65.8 Å². The molecular weight excluding hydrogens is 454 g/mol. The molecule has 1 saturated carbocycles. The average molecular weight is 486 g/mol. The van der Waals surface area contributed by atoms with Crippen LogP contribution in [-0.2, 0) is 10.0 Å². The molecule has 2 amide bonds. The highest BCUT2D eigenvalue weighted by molar-refractivity contribution is 7.90. The zero-order chi connectivity index (χ0) is 24.6. The van der Waals surface area contributed by atoms with E-state index in [-0.39, 0.29) is 23.8 Å². The zero-order valence-corrected chi connectivity index (χ0v) is 20.4. The summed E-state index contributed by atoms with van der Waals surface area (Å²) in [6.45, 7) is 5.24. The fraction of sp³-hybridized carbons (Fsp3) is 0.440. The number of imide groups is 1. The van der Waals surface area contributed by atoms with Gasteiger partial charge in [0.15, 0.2) is 0 Å². The molecule has 1 unspecified atom stereocenters. The molecular formula is C25H31N3O5S. The highest BCUT2D eigenvalue weighted by atomic mass is 32.2. The Balaban J connectivity index is 1.40. The van der Waals surface area contributed by atoms with E-state index < -0.39 is 21.5 Å². The number of carbonyl (C=O) groups excluding carboxylic acids is 2. The van der Waals surface area contributed by atoms with Crippen molar-refractivity contribution < 1.29 is 23.1 Å². The standard InChI is InChI=1S/C25H31N3O5S/c1-15(2)34(32,33)27-18-8-6-17(7-9-18)23(29)26-19-10-13-21-22(14-19)25(31)28(24(21)30)20-11-4-16(3)5-12-20/h4-5,10-15,17-18,23,26-27,29H,6-9H2,1-3H3. The van der Waals surface area contributed by atoms with Gasteiger partial charge in [-0.3, -0.25) is 9.59 Å². The first-order valence-electron chi connectivity index (χ1n) is 11.6. The van der Waals surface area contributed by atoms with E-state index in [1.165, 1.54) is 4.90 Å². The summed E-state index contributed by atoms with van der Waals surface area (Å²) in [5.41, 5.74) is 2.75. The zero-order valence-electron chi connectivity index (χ0n) is 19.6. The summed E-state index contributed by atoms with van der Waals surface area (Å²) in [6.07, 6.45) is 1.79. The first kappa shape index (κ1) is 24.4. The Labute approximate surface area is 200 Å². The lowest BCUT2D eigenvalue weighted by atomic mass is 9.85. The molecule has 1 heterocycles. The van der Waals surface area contributed by atoms with Crippen molar-refractivity contribution in [3.05, 3.63) is 59.2 Å². The van der Waals surface area contributed by atoms with E-state index in [0.717, 1.165) is 5.56 Å². The van der Waals surface area contributed by atoms with Gasteiger partial charge in [0.1, 0.15) is 6.23 Å². The predicted molar refractivity (Wildman–Crippen MR) is 131 cm³/mol. The maximum atomic E-state index is 13.0. The number of fused-ring (bicyclic) bond motifs is 1. The van der Waals surface area contributed by atoms with Crippen LogP contribution in [-0.4, -0.2) is 42.9 Å². The van der Waals surface area contributed by atoms with Crippen LogP contribution in [0.5, 0.6) is 0 Å². The summed E-state index contributed by atoms with van der Waals surface area (Å²) < 4.78 is 27.0. The molecule has 1 aliphatic heterocycles. The minimum atomic E-state index is -3.32. The second-order valence-corrected chi connectivity index (χ2v) is 11.7. The number of amides is 2. The number of rotatable bonds is 7. The average Bonchev–Trinajstić information content (AvgIpc) is 3.04. The Bertz CT molecular complexity index is 1190. The third kappa shape index (κ3) is 4.87. The molecule has 1 atom stereocenters. The Hall–Kier alpha value is -2.75. The Morgan fingerprint density at radius 1 is 0.941 bits per heavy atom. The number of aliphatic hydroxyl groups is 1. The van der Waals surface area contributed by atoms with Crippen LogP contribution in [0.15, 0.2) is 42.5 Å². The molecule has 3 N–H and O–H groups in total. The molecule has 1 aliphatic carbocycles. The Morgan fingerprint density at radius 2 is 1.56 bits per heavy atom. The summed E-state index contributed by atoms with van der Waals surface area (Å²) in [6, 6.07) is 12.0. The van der Waals surface area contributed by atoms with Crippen molar-refractivity contribution in [2.75, 3.05) is 10.2 Å². The van der Waals surface area contributed by atoms with Crippen molar-refractivity contribution >= 4 is 33.2 Å². The van der Waals surface area contributed by atoms with Crippen molar-refractivity contribution in [2.24, 2.45) is 5.92 Å². The summed E-state index contributed by atoms with van der Waals surface area (Å²) in [5.74, 6) is -0.799. The lowest BCUT2D eigenvalue weighted by molar-refractivity contribution is 0.0925. The van der Waals surface area contributed by atoms with Crippen molar-refractivity contribution in [3.63, 3.8) is 0 Å². The van der Waals surface area contributed by atoms with E-state index in [1.807, 2.05) is 19.1 Å².